The molecule has 2 N–H and O–H groups in total. The molecule has 20 heavy (non-hydrogen) atoms. The normalized spacial score (nSPS) is 16.6. The van der Waals surface area contributed by atoms with Crippen LogP contribution in [-0.2, 0) is 13.0 Å². The number of nitrogens with two attached hydrogens (primary N) is 1. The Morgan fingerprint density at radius 2 is 1.90 bits per heavy atom. The van der Waals surface area contributed by atoms with Crippen molar-refractivity contribution in [2.45, 2.75) is 25.8 Å². The molecule has 0 radical (unpaired) electrons. The van der Waals surface area contributed by atoms with Gasteiger partial charge in [0.25, 0.3) is 0 Å². The number of benzene rings is 2. The van der Waals surface area contributed by atoms with Gasteiger partial charge in [-0.05, 0) is 35.1 Å². The van der Waals surface area contributed by atoms with E-state index in [1.807, 2.05) is 6.07 Å². The lowest BCUT2D eigenvalue weighted by molar-refractivity contribution is 0.242. The van der Waals surface area contributed by atoms with Crippen LogP contribution in [-0.4, -0.2) is 18.0 Å². The summed E-state index contributed by atoms with van der Waals surface area (Å²) in [5.41, 5.74) is 11.2. The van der Waals surface area contributed by atoms with Gasteiger partial charge in [0.05, 0.1) is 0 Å². The molecule has 0 spiro atoms. The van der Waals surface area contributed by atoms with E-state index in [2.05, 4.69) is 54.3 Å². The summed E-state index contributed by atoms with van der Waals surface area (Å²) < 4.78 is 0. The summed E-state index contributed by atoms with van der Waals surface area (Å²) >= 11 is 0. The number of nitrogens with zero attached hydrogens (tertiary/aromatic N) is 1. The third-order valence-electron chi connectivity index (χ3n) is 4.29. The second kappa shape index (κ2) is 5.68. The van der Waals surface area contributed by atoms with Crippen molar-refractivity contribution in [3.05, 3.63) is 65.2 Å². The molecular weight excluding hydrogens is 244 g/mol. The number of rotatable bonds is 3. The second-order valence-corrected chi connectivity index (χ2v) is 5.78. The fraction of sp³-hybridized carbons (Fsp3) is 0.333. The largest absolute Gasteiger partial charge is 0.398 e. The quantitative estimate of drug-likeness (QED) is 0.862. The standard InChI is InChI=1S/C18H22N2/c1-14(15-6-3-2-4-7-15)12-20-11-10-16-8-5-9-18(19)17(16)13-20/h2-9,14H,10-13,19H2,1H3. The molecule has 0 amide bonds. The molecular formula is C18H22N2. The molecule has 0 saturated carbocycles. The molecule has 2 aromatic carbocycles. The highest BCUT2D eigenvalue weighted by Gasteiger charge is 2.19. The first-order valence-corrected chi connectivity index (χ1v) is 7.37. The Labute approximate surface area is 121 Å². The topological polar surface area (TPSA) is 29.3 Å². The second-order valence-electron chi connectivity index (χ2n) is 5.78. The van der Waals surface area contributed by atoms with Crippen LogP contribution in [0.4, 0.5) is 5.69 Å². The molecule has 0 fully saturated rings. The van der Waals surface area contributed by atoms with E-state index in [9.17, 15) is 0 Å². The Hall–Kier alpha value is -1.80. The van der Waals surface area contributed by atoms with Gasteiger partial charge in [-0.2, -0.15) is 0 Å². The average molecular weight is 266 g/mol. The molecule has 1 unspecified atom stereocenters. The molecule has 0 aromatic heterocycles. The molecule has 1 aliphatic heterocycles. The van der Waals surface area contributed by atoms with E-state index in [0.717, 1.165) is 31.7 Å². The van der Waals surface area contributed by atoms with Crippen LogP contribution in [0.1, 0.15) is 29.5 Å². The zero-order valence-corrected chi connectivity index (χ0v) is 12.0. The molecule has 2 heteroatoms. The van der Waals surface area contributed by atoms with Crippen molar-refractivity contribution in [2.24, 2.45) is 0 Å². The van der Waals surface area contributed by atoms with Gasteiger partial charge in [0, 0.05) is 25.3 Å². The van der Waals surface area contributed by atoms with E-state index >= 15 is 0 Å². The van der Waals surface area contributed by atoms with E-state index in [4.69, 9.17) is 5.73 Å². The first kappa shape index (κ1) is 13.2. The van der Waals surface area contributed by atoms with Crippen molar-refractivity contribution in [3.8, 4) is 0 Å². The predicted octanol–water partition coefficient (Wildman–Crippen LogP) is 3.43. The van der Waals surface area contributed by atoms with Crippen LogP contribution in [0.3, 0.4) is 0 Å². The molecule has 3 rings (SSSR count). The molecule has 1 aliphatic rings. The number of nitrogen functional groups attached to an aromatic ring is 1. The van der Waals surface area contributed by atoms with Gasteiger partial charge < -0.3 is 5.73 Å². The number of hydrogen-bond acceptors (Lipinski definition) is 2. The Morgan fingerprint density at radius 1 is 1.10 bits per heavy atom. The summed E-state index contributed by atoms with van der Waals surface area (Å²) in [6, 6.07) is 17.1. The molecule has 1 heterocycles. The van der Waals surface area contributed by atoms with Gasteiger partial charge in [-0.15, -0.1) is 0 Å². The van der Waals surface area contributed by atoms with Gasteiger partial charge >= 0.3 is 0 Å². The minimum Gasteiger partial charge on any atom is -0.398 e. The van der Waals surface area contributed by atoms with Crippen LogP contribution >= 0.6 is 0 Å². The van der Waals surface area contributed by atoms with Gasteiger partial charge in [0.1, 0.15) is 0 Å². The summed E-state index contributed by atoms with van der Waals surface area (Å²) in [5.74, 6) is 0.558. The van der Waals surface area contributed by atoms with Crippen LogP contribution in [0.2, 0.25) is 0 Å². The lowest BCUT2D eigenvalue weighted by Gasteiger charge is -2.31. The third kappa shape index (κ3) is 2.70. The minimum atomic E-state index is 0.558. The van der Waals surface area contributed by atoms with Gasteiger partial charge in [-0.3, -0.25) is 4.90 Å². The lowest BCUT2D eigenvalue weighted by atomic mass is 9.95. The van der Waals surface area contributed by atoms with Crippen molar-refractivity contribution in [1.29, 1.82) is 0 Å². The van der Waals surface area contributed by atoms with E-state index in [1.165, 1.54) is 16.7 Å². The fourth-order valence-corrected chi connectivity index (χ4v) is 3.09. The van der Waals surface area contributed by atoms with Crippen LogP contribution in [0.5, 0.6) is 0 Å². The highest BCUT2D eigenvalue weighted by atomic mass is 15.1. The number of anilines is 1. The van der Waals surface area contributed by atoms with Crippen LogP contribution in [0.15, 0.2) is 48.5 Å². The van der Waals surface area contributed by atoms with Crippen LogP contribution < -0.4 is 5.73 Å². The maximum Gasteiger partial charge on any atom is 0.0362 e. The van der Waals surface area contributed by atoms with Crippen molar-refractivity contribution in [3.63, 3.8) is 0 Å². The Balaban J connectivity index is 1.70. The van der Waals surface area contributed by atoms with Crippen molar-refractivity contribution >= 4 is 5.69 Å². The lowest BCUT2D eigenvalue weighted by Crippen LogP contribution is -2.33. The van der Waals surface area contributed by atoms with Crippen LogP contribution in [0, 0.1) is 0 Å². The molecule has 1 atom stereocenters. The van der Waals surface area contributed by atoms with E-state index in [-0.39, 0.29) is 0 Å². The van der Waals surface area contributed by atoms with E-state index < -0.39 is 0 Å². The summed E-state index contributed by atoms with van der Waals surface area (Å²) in [7, 11) is 0. The van der Waals surface area contributed by atoms with Gasteiger partial charge in [-0.25, -0.2) is 0 Å². The number of hydrogen-bond donors (Lipinski definition) is 1. The average Bonchev–Trinajstić information content (AvgIpc) is 2.49. The van der Waals surface area contributed by atoms with Crippen LogP contribution in [0.25, 0.3) is 0 Å². The summed E-state index contributed by atoms with van der Waals surface area (Å²) in [5, 5.41) is 0. The molecule has 0 saturated heterocycles. The predicted molar refractivity (Wildman–Crippen MR) is 84.7 cm³/mol. The molecule has 104 valence electrons. The van der Waals surface area contributed by atoms with Gasteiger partial charge in [-0.1, -0.05) is 49.4 Å². The Morgan fingerprint density at radius 3 is 2.70 bits per heavy atom. The third-order valence-corrected chi connectivity index (χ3v) is 4.29. The molecule has 0 bridgehead atoms. The minimum absolute atomic E-state index is 0.558. The fourth-order valence-electron chi connectivity index (χ4n) is 3.09. The summed E-state index contributed by atoms with van der Waals surface area (Å²) in [4.78, 5) is 2.52. The summed E-state index contributed by atoms with van der Waals surface area (Å²) in [6.07, 6.45) is 1.11. The molecule has 2 nitrogen and oxygen atoms in total. The van der Waals surface area contributed by atoms with Gasteiger partial charge in [0.2, 0.25) is 0 Å². The van der Waals surface area contributed by atoms with Crippen molar-refractivity contribution < 1.29 is 0 Å². The Bertz CT molecular complexity index is 577. The smallest absolute Gasteiger partial charge is 0.0362 e. The first-order chi connectivity index (χ1) is 9.74. The maximum atomic E-state index is 6.12. The van der Waals surface area contributed by atoms with E-state index in [1.54, 1.807) is 0 Å². The zero-order chi connectivity index (χ0) is 13.9. The van der Waals surface area contributed by atoms with Gasteiger partial charge in [0.15, 0.2) is 0 Å². The summed E-state index contributed by atoms with van der Waals surface area (Å²) in [6.45, 7) is 5.52. The van der Waals surface area contributed by atoms with Crippen molar-refractivity contribution in [2.75, 3.05) is 18.8 Å². The first-order valence-electron chi connectivity index (χ1n) is 7.37. The monoisotopic (exact) mass is 266 g/mol. The molecule has 2 aromatic rings. The maximum absolute atomic E-state index is 6.12. The zero-order valence-electron chi connectivity index (χ0n) is 12.0. The highest BCUT2D eigenvalue weighted by Crippen LogP contribution is 2.26. The van der Waals surface area contributed by atoms with Crippen molar-refractivity contribution in [1.82, 2.24) is 4.90 Å². The highest BCUT2D eigenvalue weighted by molar-refractivity contribution is 5.51. The van der Waals surface area contributed by atoms with E-state index in [0.29, 0.717) is 5.92 Å². The SMILES string of the molecule is CC(CN1CCc2cccc(N)c2C1)c1ccccc1. The molecule has 0 aliphatic carbocycles. The number of fused-ring (bicyclic) bond motifs is 1. The Kier molecular flexibility index (Phi) is 3.75.